The summed E-state index contributed by atoms with van der Waals surface area (Å²) in [5, 5.41) is 0. The second-order valence-electron chi connectivity index (χ2n) is 4.56. The summed E-state index contributed by atoms with van der Waals surface area (Å²) in [5.74, 6) is 0. The second-order valence-corrected chi connectivity index (χ2v) is 4.56. The highest BCUT2D eigenvalue weighted by Crippen LogP contribution is 2.15. The minimum Gasteiger partial charge on any atom is -0.294 e. The number of aromatic nitrogens is 2. The van der Waals surface area contributed by atoms with Crippen LogP contribution in [0.1, 0.15) is 24.2 Å². The molecule has 0 radical (unpaired) electrons. The van der Waals surface area contributed by atoms with Crippen molar-refractivity contribution >= 4 is 6.08 Å². The Kier molecular flexibility index (Phi) is 4.81. The number of hydrogen-bond donors (Lipinski definition) is 0. The molecular weight excluding hydrogens is 234 g/mol. The van der Waals surface area contributed by atoms with E-state index in [9.17, 15) is 0 Å². The van der Waals surface area contributed by atoms with Gasteiger partial charge in [-0.15, -0.1) is 0 Å². The van der Waals surface area contributed by atoms with Crippen LogP contribution in [0.15, 0.2) is 55.0 Å². The van der Waals surface area contributed by atoms with Gasteiger partial charge in [0, 0.05) is 18.8 Å². The van der Waals surface area contributed by atoms with Gasteiger partial charge in [-0.1, -0.05) is 42.5 Å². The third-order valence-electron chi connectivity index (χ3n) is 3.20. The van der Waals surface area contributed by atoms with Gasteiger partial charge in [0.1, 0.15) is 6.33 Å². The number of nitrogens with zero attached hydrogens (tertiary/aromatic N) is 3. The second kappa shape index (κ2) is 6.81. The predicted molar refractivity (Wildman–Crippen MR) is 78.6 cm³/mol. The zero-order chi connectivity index (χ0) is 13.5. The summed E-state index contributed by atoms with van der Waals surface area (Å²) in [6, 6.07) is 12.6. The SMILES string of the molecule is C[C@H](c1ccncn1)N(C)C/C=C/c1ccccc1. The van der Waals surface area contributed by atoms with Crippen LogP contribution >= 0.6 is 0 Å². The van der Waals surface area contributed by atoms with E-state index in [1.54, 1.807) is 12.5 Å². The van der Waals surface area contributed by atoms with Crippen molar-refractivity contribution in [1.82, 2.24) is 14.9 Å². The molecule has 0 aliphatic rings. The highest BCUT2D eigenvalue weighted by atomic mass is 15.1. The summed E-state index contributed by atoms with van der Waals surface area (Å²) in [4.78, 5) is 10.5. The molecule has 0 saturated heterocycles. The molecule has 1 aromatic carbocycles. The van der Waals surface area contributed by atoms with Crippen molar-refractivity contribution in [1.29, 1.82) is 0 Å². The monoisotopic (exact) mass is 253 g/mol. The third-order valence-corrected chi connectivity index (χ3v) is 3.20. The van der Waals surface area contributed by atoms with Crippen LogP contribution in [-0.2, 0) is 0 Å². The highest BCUT2D eigenvalue weighted by molar-refractivity contribution is 5.48. The van der Waals surface area contributed by atoms with Gasteiger partial charge < -0.3 is 0 Å². The van der Waals surface area contributed by atoms with Gasteiger partial charge >= 0.3 is 0 Å². The average molecular weight is 253 g/mol. The molecule has 19 heavy (non-hydrogen) atoms. The van der Waals surface area contributed by atoms with Crippen molar-refractivity contribution in [3.05, 3.63) is 66.3 Å². The number of hydrogen-bond acceptors (Lipinski definition) is 3. The van der Waals surface area contributed by atoms with Crippen LogP contribution in [-0.4, -0.2) is 28.5 Å². The largest absolute Gasteiger partial charge is 0.294 e. The first kappa shape index (κ1) is 13.4. The maximum Gasteiger partial charge on any atom is 0.115 e. The van der Waals surface area contributed by atoms with Crippen LogP contribution in [0.25, 0.3) is 6.08 Å². The molecule has 1 aromatic heterocycles. The van der Waals surface area contributed by atoms with Crippen molar-refractivity contribution in [2.45, 2.75) is 13.0 Å². The van der Waals surface area contributed by atoms with Crippen molar-refractivity contribution < 1.29 is 0 Å². The standard InChI is InChI=1S/C16H19N3/c1-14(16-10-11-17-13-18-16)19(2)12-6-9-15-7-4-3-5-8-15/h3-11,13-14H,12H2,1-2H3/b9-6+/t14-/m1/s1. The fraction of sp³-hybridized carbons (Fsp3) is 0.250. The van der Waals surface area contributed by atoms with E-state index < -0.39 is 0 Å². The van der Waals surface area contributed by atoms with E-state index in [1.165, 1.54) is 5.56 Å². The van der Waals surface area contributed by atoms with Crippen LogP contribution < -0.4 is 0 Å². The Labute approximate surface area is 114 Å². The summed E-state index contributed by atoms with van der Waals surface area (Å²) in [7, 11) is 2.10. The molecule has 0 aliphatic carbocycles. The van der Waals surface area contributed by atoms with Crippen molar-refractivity contribution in [2.75, 3.05) is 13.6 Å². The van der Waals surface area contributed by atoms with Gasteiger partial charge in [0.25, 0.3) is 0 Å². The van der Waals surface area contributed by atoms with Gasteiger partial charge in [-0.3, -0.25) is 4.90 Å². The maximum absolute atomic E-state index is 4.29. The first-order chi connectivity index (χ1) is 9.27. The first-order valence-corrected chi connectivity index (χ1v) is 6.45. The van der Waals surface area contributed by atoms with Crippen molar-refractivity contribution in [2.24, 2.45) is 0 Å². The zero-order valence-electron chi connectivity index (χ0n) is 11.4. The smallest absolute Gasteiger partial charge is 0.115 e. The lowest BCUT2D eigenvalue weighted by Gasteiger charge is -2.22. The van der Waals surface area contributed by atoms with Crippen LogP contribution in [0, 0.1) is 0 Å². The van der Waals surface area contributed by atoms with Gasteiger partial charge in [-0.25, -0.2) is 9.97 Å². The summed E-state index contributed by atoms with van der Waals surface area (Å²) < 4.78 is 0. The quantitative estimate of drug-likeness (QED) is 0.819. The fourth-order valence-corrected chi connectivity index (χ4v) is 1.85. The molecule has 1 heterocycles. The van der Waals surface area contributed by atoms with E-state index in [4.69, 9.17) is 0 Å². The number of benzene rings is 1. The van der Waals surface area contributed by atoms with Gasteiger partial charge in [0.05, 0.1) is 5.69 Å². The molecule has 3 nitrogen and oxygen atoms in total. The summed E-state index contributed by atoms with van der Waals surface area (Å²) in [6.45, 7) is 3.04. The molecule has 0 fully saturated rings. The van der Waals surface area contributed by atoms with E-state index in [1.807, 2.05) is 24.3 Å². The molecule has 0 saturated carbocycles. The molecule has 2 rings (SSSR count). The Bertz CT molecular complexity index is 508. The van der Waals surface area contributed by atoms with Crippen LogP contribution in [0.5, 0.6) is 0 Å². The molecule has 0 unspecified atom stereocenters. The van der Waals surface area contributed by atoms with Gasteiger partial charge in [0.2, 0.25) is 0 Å². The van der Waals surface area contributed by atoms with Gasteiger partial charge in [-0.05, 0) is 25.6 Å². The van der Waals surface area contributed by atoms with Gasteiger partial charge in [-0.2, -0.15) is 0 Å². The third kappa shape index (κ3) is 4.00. The topological polar surface area (TPSA) is 29.0 Å². The molecular formula is C16H19N3. The molecule has 0 N–H and O–H groups in total. The van der Waals surface area contributed by atoms with E-state index in [0.29, 0.717) is 0 Å². The molecule has 0 aliphatic heterocycles. The Morgan fingerprint density at radius 2 is 2.00 bits per heavy atom. The molecule has 2 aromatic rings. The average Bonchev–Trinajstić information content (AvgIpc) is 2.48. The van der Waals surface area contributed by atoms with E-state index >= 15 is 0 Å². The summed E-state index contributed by atoms with van der Waals surface area (Å²) >= 11 is 0. The minimum absolute atomic E-state index is 0.281. The van der Waals surface area contributed by atoms with Crippen LogP contribution in [0.3, 0.4) is 0 Å². The molecule has 1 atom stereocenters. The Hall–Kier alpha value is -2.00. The van der Waals surface area contributed by atoms with Crippen LogP contribution in [0.2, 0.25) is 0 Å². The Balaban J connectivity index is 1.91. The molecule has 0 amide bonds. The molecule has 0 bridgehead atoms. The van der Waals surface area contributed by atoms with E-state index in [0.717, 1.165) is 12.2 Å². The lowest BCUT2D eigenvalue weighted by Crippen LogP contribution is -2.23. The van der Waals surface area contributed by atoms with Crippen LogP contribution in [0.4, 0.5) is 0 Å². The Morgan fingerprint density at radius 3 is 2.68 bits per heavy atom. The fourth-order valence-electron chi connectivity index (χ4n) is 1.85. The van der Waals surface area contributed by atoms with Crippen molar-refractivity contribution in [3.8, 4) is 0 Å². The lowest BCUT2D eigenvalue weighted by atomic mass is 10.2. The highest BCUT2D eigenvalue weighted by Gasteiger charge is 2.10. The maximum atomic E-state index is 4.29. The predicted octanol–water partition coefficient (Wildman–Crippen LogP) is 3.18. The number of rotatable bonds is 5. The van der Waals surface area contributed by atoms with Gasteiger partial charge in [0.15, 0.2) is 0 Å². The Morgan fingerprint density at radius 1 is 1.21 bits per heavy atom. The molecule has 0 spiro atoms. The normalized spacial score (nSPS) is 13.0. The van der Waals surface area contributed by atoms with E-state index in [-0.39, 0.29) is 6.04 Å². The zero-order valence-corrected chi connectivity index (χ0v) is 11.4. The minimum atomic E-state index is 0.281. The molecule has 3 heteroatoms. The summed E-state index contributed by atoms with van der Waals surface area (Å²) in [5.41, 5.74) is 2.27. The van der Waals surface area contributed by atoms with E-state index in [2.05, 4.69) is 53.1 Å². The molecule has 98 valence electrons. The van der Waals surface area contributed by atoms with Crippen molar-refractivity contribution in [3.63, 3.8) is 0 Å². The lowest BCUT2D eigenvalue weighted by molar-refractivity contribution is 0.284. The summed E-state index contributed by atoms with van der Waals surface area (Å²) in [6.07, 6.45) is 7.70. The first-order valence-electron chi connectivity index (χ1n) is 6.45. The number of likely N-dealkylation sites (N-methyl/N-ethyl adjacent to an activating group) is 1.